The minimum absolute atomic E-state index is 0.313. The first kappa shape index (κ1) is 30.3. The van der Waals surface area contributed by atoms with E-state index < -0.39 is 7.14 Å². The van der Waals surface area contributed by atoms with Crippen LogP contribution in [0.25, 0.3) is 22.2 Å². The molecule has 0 radical (unpaired) electrons. The first-order chi connectivity index (χ1) is 20.5. The number of methoxy groups -OCH3 is 1. The third-order valence-corrected chi connectivity index (χ3v) is 9.56. The van der Waals surface area contributed by atoms with Gasteiger partial charge in [-0.2, -0.15) is 0 Å². The summed E-state index contributed by atoms with van der Waals surface area (Å²) in [4.78, 5) is 26.4. The highest BCUT2D eigenvalue weighted by atomic mass is 31.2. The van der Waals surface area contributed by atoms with E-state index in [4.69, 9.17) is 9.72 Å². The van der Waals surface area contributed by atoms with Crippen molar-refractivity contribution < 1.29 is 14.1 Å². The maximum Gasteiger partial charge on any atom is 0.247 e. The topological polar surface area (TPSA) is 105 Å². The van der Waals surface area contributed by atoms with Gasteiger partial charge in [-0.05, 0) is 58.0 Å². The van der Waals surface area contributed by atoms with E-state index in [1.807, 2.05) is 61.3 Å². The Morgan fingerprint density at radius 3 is 2.67 bits per heavy atom. The lowest BCUT2D eigenvalue weighted by molar-refractivity contribution is -0.111. The van der Waals surface area contributed by atoms with Crippen molar-refractivity contribution in [1.82, 2.24) is 19.4 Å². The fourth-order valence-corrected chi connectivity index (χ4v) is 6.75. The summed E-state index contributed by atoms with van der Waals surface area (Å²) in [5.41, 5.74) is 4.54. The highest BCUT2D eigenvalue weighted by molar-refractivity contribution is 7.70. The zero-order valence-corrected chi connectivity index (χ0v) is 26.6. The van der Waals surface area contributed by atoms with Crippen molar-refractivity contribution in [3.63, 3.8) is 0 Å². The summed E-state index contributed by atoms with van der Waals surface area (Å²) in [5, 5.41) is 7.87. The van der Waals surface area contributed by atoms with Crippen molar-refractivity contribution >= 4 is 52.3 Å². The maximum atomic E-state index is 13.4. The predicted octanol–water partition coefficient (Wildman–Crippen LogP) is 5.29. The van der Waals surface area contributed by atoms with Crippen LogP contribution in [0.5, 0.6) is 5.75 Å². The minimum Gasteiger partial charge on any atom is -0.494 e. The summed E-state index contributed by atoms with van der Waals surface area (Å²) in [6.45, 7) is 8.95. The van der Waals surface area contributed by atoms with Gasteiger partial charge < -0.3 is 34.3 Å². The number of rotatable bonds is 10. The molecule has 0 bridgehead atoms. The molecule has 1 aliphatic rings. The maximum absolute atomic E-state index is 13.4. The van der Waals surface area contributed by atoms with Crippen molar-refractivity contribution in [3.8, 4) is 17.0 Å². The zero-order chi connectivity index (χ0) is 30.9. The number of fused-ring (bicyclic) bond motifs is 1. The molecule has 2 N–H and O–H groups in total. The van der Waals surface area contributed by atoms with Gasteiger partial charge in [0.2, 0.25) is 11.9 Å². The molecule has 4 aromatic rings. The molecule has 1 amide bonds. The van der Waals surface area contributed by atoms with Crippen molar-refractivity contribution in [1.29, 1.82) is 0 Å². The van der Waals surface area contributed by atoms with E-state index in [1.165, 1.54) is 12.5 Å². The molecule has 2 aromatic heterocycles. The summed E-state index contributed by atoms with van der Waals surface area (Å²) >= 11 is 0. The summed E-state index contributed by atoms with van der Waals surface area (Å²) < 4.78 is 21.2. The molecule has 1 fully saturated rings. The Labute approximate surface area is 253 Å². The lowest BCUT2D eigenvalue weighted by Crippen LogP contribution is -2.37. The van der Waals surface area contributed by atoms with Crippen molar-refractivity contribution in [3.05, 3.63) is 61.4 Å². The lowest BCUT2D eigenvalue weighted by Gasteiger charge is -2.29. The molecule has 1 atom stereocenters. The number of ether oxygens (including phenoxy) is 1. The Balaban J connectivity index is 1.57. The van der Waals surface area contributed by atoms with Crippen molar-refractivity contribution in [2.45, 2.75) is 18.9 Å². The van der Waals surface area contributed by atoms with Gasteiger partial charge in [0.25, 0.3) is 0 Å². The minimum atomic E-state index is -2.72. The number of hydrogen-bond acceptors (Lipinski definition) is 8. The first-order valence-corrected chi connectivity index (χ1v) is 16.9. The number of aromatic nitrogens is 3. The highest BCUT2D eigenvalue weighted by Gasteiger charge is 2.26. The smallest absolute Gasteiger partial charge is 0.247 e. The number of para-hydroxylation sites is 1. The summed E-state index contributed by atoms with van der Waals surface area (Å²) in [6.07, 6.45) is 7.19. The first-order valence-electron chi connectivity index (χ1n) is 14.3. The van der Waals surface area contributed by atoms with Crippen LogP contribution in [-0.4, -0.2) is 79.0 Å². The number of anilines is 4. The van der Waals surface area contributed by atoms with Gasteiger partial charge in [0.05, 0.1) is 35.2 Å². The van der Waals surface area contributed by atoms with Crippen molar-refractivity contribution in [2.75, 3.05) is 63.2 Å². The average Bonchev–Trinajstić information content (AvgIpc) is 3.54. The molecule has 10 nitrogen and oxygen atoms in total. The second-order valence-corrected chi connectivity index (χ2v) is 14.7. The largest absolute Gasteiger partial charge is 0.494 e. The van der Waals surface area contributed by atoms with Gasteiger partial charge >= 0.3 is 0 Å². The Kier molecular flexibility index (Phi) is 8.62. The molecule has 0 saturated carbocycles. The van der Waals surface area contributed by atoms with E-state index in [1.54, 1.807) is 26.6 Å². The number of likely N-dealkylation sites (tertiary alicyclic amines) is 1. The molecule has 1 saturated heterocycles. The number of benzene rings is 2. The number of nitrogens with zero attached hydrogens (tertiary/aromatic N) is 5. The molecule has 2 aromatic carbocycles. The third kappa shape index (κ3) is 6.31. The second-order valence-electron chi connectivity index (χ2n) is 11.5. The molecule has 5 rings (SSSR count). The molecule has 226 valence electrons. The fourth-order valence-electron chi connectivity index (χ4n) is 5.74. The van der Waals surface area contributed by atoms with E-state index in [0.717, 1.165) is 41.7 Å². The van der Waals surface area contributed by atoms with Crippen LogP contribution in [0.15, 0.2) is 61.4 Å². The van der Waals surface area contributed by atoms with Crippen LogP contribution >= 0.6 is 7.14 Å². The molecule has 43 heavy (non-hydrogen) atoms. The Morgan fingerprint density at radius 2 is 2.00 bits per heavy atom. The SMILES string of the molecule is C=CC(=O)Nc1cc(Nc2ncc(P(C)(C)=O)c(-c3cn(C)c4ccccc34)n2)c(OC)cc1N(C)CC1CCCN1C. The van der Waals surface area contributed by atoms with Crippen LogP contribution in [0.3, 0.4) is 0 Å². The molecule has 1 unspecified atom stereocenters. The molecule has 1 aliphatic heterocycles. The molecular weight excluding hydrogens is 561 g/mol. The van der Waals surface area contributed by atoms with E-state index >= 15 is 0 Å². The number of nitrogens with one attached hydrogen (secondary N) is 2. The predicted molar refractivity (Wildman–Crippen MR) is 177 cm³/mol. The summed E-state index contributed by atoms with van der Waals surface area (Å²) in [6, 6.07) is 12.2. The van der Waals surface area contributed by atoms with Gasteiger partial charge in [0, 0.05) is 61.6 Å². The van der Waals surface area contributed by atoms with Gasteiger partial charge in [0.15, 0.2) is 0 Å². The van der Waals surface area contributed by atoms with Crippen LogP contribution in [0.4, 0.5) is 23.0 Å². The second kappa shape index (κ2) is 12.2. The standard InChI is InChI=1S/C32H40N7O3P/c1-8-30(40)34-24-16-25(28(42-5)17-27(24)38(3)19-21-12-11-15-37(21)2)35-32-33-18-29(43(6,7)41)31(36-32)23-20-39(4)26-14-10-9-13-22(23)26/h8-10,13-14,16-18,20-21H,1,11-12,15,19H2,2-7H3,(H,34,40)(H,33,35,36). The molecule has 0 aliphatic carbocycles. The zero-order valence-electron chi connectivity index (χ0n) is 25.7. The Morgan fingerprint density at radius 1 is 1.23 bits per heavy atom. The Bertz CT molecular complexity index is 1730. The highest BCUT2D eigenvalue weighted by Crippen LogP contribution is 2.42. The number of aryl methyl sites for hydroxylation is 1. The van der Waals surface area contributed by atoms with Crippen LogP contribution < -0.4 is 25.6 Å². The van der Waals surface area contributed by atoms with Crippen LogP contribution in [0, 0.1) is 0 Å². The number of amides is 1. The summed E-state index contributed by atoms with van der Waals surface area (Å²) in [7, 11) is 5.03. The van der Waals surface area contributed by atoms with Gasteiger partial charge in [-0.25, -0.2) is 9.97 Å². The van der Waals surface area contributed by atoms with Crippen LogP contribution in [-0.2, 0) is 16.4 Å². The molecular formula is C32H40N7O3P. The normalized spacial score (nSPS) is 15.4. The van der Waals surface area contributed by atoms with Crippen LogP contribution in [0.2, 0.25) is 0 Å². The number of likely N-dealkylation sites (N-methyl/N-ethyl adjacent to an activating group) is 2. The van der Waals surface area contributed by atoms with E-state index in [2.05, 4.69) is 39.0 Å². The lowest BCUT2D eigenvalue weighted by atomic mass is 10.1. The molecule has 0 spiro atoms. The van der Waals surface area contributed by atoms with E-state index in [-0.39, 0.29) is 5.91 Å². The number of hydrogen-bond donors (Lipinski definition) is 2. The van der Waals surface area contributed by atoms with Gasteiger partial charge in [0.1, 0.15) is 12.9 Å². The molecule has 3 heterocycles. The third-order valence-electron chi connectivity index (χ3n) is 8.08. The quantitative estimate of drug-likeness (QED) is 0.187. The fraction of sp³-hybridized carbons (Fsp3) is 0.344. The van der Waals surface area contributed by atoms with Gasteiger partial charge in [-0.1, -0.05) is 24.8 Å². The monoisotopic (exact) mass is 601 g/mol. The van der Waals surface area contributed by atoms with E-state index in [0.29, 0.717) is 40.1 Å². The number of carbonyl (C=O) groups is 1. The Hall–Kier alpha value is -4.14. The molecule has 11 heteroatoms. The van der Waals surface area contributed by atoms with Crippen LogP contribution in [0.1, 0.15) is 12.8 Å². The number of carbonyl (C=O) groups excluding carboxylic acids is 1. The van der Waals surface area contributed by atoms with E-state index in [9.17, 15) is 9.36 Å². The van der Waals surface area contributed by atoms with Gasteiger partial charge in [-0.3, -0.25) is 4.79 Å². The van der Waals surface area contributed by atoms with Crippen molar-refractivity contribution in [2.24, 2.45) is 7.05 Å². The average molecular weight is 602 g/mol. The van der Waals surface area contributed by atoms with Gasteiger partial charge in [-0.15, -0.1) is 0 Å². The summed E-state index contributed by atoms with van der Waals surface area (Å²) in [5.74, 6) is 0.562.